The standard InChI is InChI=1S/C20H21NO2/c1-21-18(22)17-14-7-9-16(11-14)20(17,19(21)23)15-8-6-12-4-2-3-5-13(12)10-15/h6-10,14,16-17H,2-5,11H2,1H3. The van der Waals surface area contributed by atoms with E-state index < -0.39 is 5.41 Å². The molecule has 0 radical (unpaired) electrons. The Bertz CT molecular complexity index is 765. The van der Waals surface area contributed by atoms with Crippen molar-refractivity contribution in [2.24, 2.45) is 17.8 Å². The number of fused-ring (bicyclic) bond motifs is 6. The summed E-state index contributed by atoms with van der Waals surface area (Å²) in [5.41, 5.74) is 3.28. The van der Waals surface area contributed by atoms with E-state index in [9.17, 15) is 9.59 Å². The summed E-state index contributed by atoms with van der Waals surface area (Å²) in [5, 5.41) is 0. The van der Waals surface area contributed by atoms with E-state index in [2.05, 4.69) is 30.4 Å². The topological polar surface area (TPSA) is 37.4 Å². The van der Waals surface area contributed by atoms with E-state index in [1.807, 2.05) is 0 Å². The summed E-state index contributed by atoms with van der Waals surface area (Å²) in [5.74, 6) is 0.263. The van der Waals surface area contributed by atoms with Gasteiger partial charge in [-0.15, -0.1) is 0 Å². The van der Waals surface area contributed by atoms with Crippen molar-refractivity contribution < 1.29 is 9.59 Å². The van der Waals surface area contributed by atoms with Crippen molar-refractivity contribution in [1.82, 2.24) is 4.90 Å². The molecule has 2 fully saturated rings. The number of allylic oxidation sites excluding steroid dienone is 2. The van der Waals surface area contributed by atoms with E-state index in [4.69, 9.17) is 0 Å². The minimum Gasteiger partial charge on any atom is -0.285 e. The second-order valence-electron chi connectivity index (χ2n) is 7.63. The van der Waals surface area contributed by atoms with E-state index in [1.165, 1.54) is 28.9 Å². The van der Waals surface area contributed by atoms with Crippen LogP contribution in [-0.4, -0.2) is 23.8 Å². The normalized spacial score (nSPS) is 37.4. The lowest BCUT2D eigenvalue weighted by Crippen LogP contribution is -2.43. The maximum absolute atomic E-state index is 13.1. The van der Waals surface area contributed by atoms with Crippen molar-refractivity contribution in [3.63, 3.8) is 0 Å². The van der Waals surface area contributed by atoms with Gasteiger partial charge in [0.25, 0.3) is 0 Å². The number of hydrogen-bond acceptors (Lipinski definition) is 2. The molecule has 1 aliphatic heterocycles. The molecule has 4 atom stereocenters. The molecule has 3 heteroatoms. The molecule has 1 aromatic carbocycles. The Morgan fingerprint density at radius 3 is 2.70 bits per heavy atom. The van der Waals surface area contributed by atoms with Gasteiger partial charge in [0.1, 0.15) is 0 Å². The predicted octanol–water partition coefficient (Wildman–Crippen LogP) is 2.62. The molecule has 0 aromatic heterocycles. The number of benzene rings is 1. The van der Waals surface area contributed by atoms with Crippen LogP contribution in [-0.2, 0) is 27.8 Å². The molecule has 2 bridgehead atoms. The van der Waals surface area contributed by atoms with Crippen LogP contribution in [0.2, 0.25) is 0 Å². The van der Waals surface area contributed by atoms with Crippen LogP contribution in [0.15, 0.2) is 30.4 Å². The average Bonchev–Trinajstić information content (AvgIpc) is 3.23. The lowest BCUT2D eigenvalue weighted by Gasteiger charge is -2.34. The molecule has 0 spiro atoms. The van der Waals surface area contributed by atoms with Gasteiger partial charge in [-0.2, -0.15) is 0 Å². The summed E-state index contributed by atoms with van der Waals surface area (Å²) in [6.45, 7) is 0. The fraction of sp³-hybridized carbons (Fsp3) is 0.500. The minimum atomic E-state index is -0.627. The van der Waals surface area contributed by atoms with Crippen LogP contribution < -0.4 is 0 Å². The van der Waals surface area contributed by atoms with Gasteiger partial charge in [0.2, 0.25) is 11.8 Å². The van der Waals surface area contributed by atoms with Crippen LogP contribution in [0.5, 0.6) is 0 Å². The van der Waals surface area contributed by atoms with Crippen LogP contribution in [0.25, 0.3) is 0 Å². The zero-order chi connectivity index (χ0) is 15.8. The van der Waals surface area contributed by atoms with Crippen molar-refractivity contribution in [2.45, 2.75) is 37.5 Å². The second kappa shape index (κ2) is 4.34. The molecule has 118 valence electrons. The summed E-state index contributed by atoms with van der Waals surface area (Å²) >= 11 is 0. The lowest BCUT2D eigenvalue weighted by atomic mass is 9.65. The van der Waals surface area contributed by atoms with Gasteiger partial charge in [0.05, 0.1) is 11.3 Å². The number of nitrogens with zero attached hydrogens (tertiary/aromatic N) is 1. The van der Waals surface area contributed by atoms with Gasteiger partial charge in [-0.1, -0.05) is 30.4 Å². The maximum atomic E-state index is 13.1. The van der Waals surface area contributed by atoms with Gasteiger partial charge >= 0.3 is 0 Å². The number of amides is 2. The molecule has 4 unspecified atom stereocenters. The number of aryl methyl sites for hydroxylation is 2. The van der Waals surface area contributed by atoms with E-state index >= 15 is 0 Å². The molecule has 1 saturated heterocycles. The van der Waals surface area contributed by atoms with Gasteiger partial charge < -0.3 is 0 Å². The van der Waals surface area contributed by atoms with Crippen molar-refractivity contribution in [3.05, 3.63) is 47.0 Å². The molecule has 1 saturated carbocycles. The first-order valence-electron chi connectivity index (χ1n) is 8.76. The molecule has 0 N–H and O–H groups in total. The summed E-state index contributed by atoms with van der Waals surface area (Å²) in [7, 11) is 1.66. The summed E-state index contributed by atoms with van der Waals surface area (Å²) in [4.78, 5) is 27.3. The van der Waals surface area contributed by atoms with Gasteiger partial charge in [-0.05, 0) is 60.6 Å². The molecule has 1 aromatic rings. The first-order valence-corrected chi connectivity index (χ1v) is 8.76. The van der Waals surface area contributed by atoms with Gasteiger partial charge in [0, 0.05) is 7.05 Å². The Kier molecular flexibility index (Phi) is 2.55. The van der Waals surface area contributed by atoms with Crippen molar-refractivity contribution in [3.8, 4) is 0 Å². The third-order valence-electron chi connectivity index (χ3n) is 6.70. The Hall–Kier alpha value is -1.90. The van der Waals surface area contributed by atoms with Crippen LogP contribution in [0, 0.1) is 17.8 Å². The highest BCUT2D eigenvalue weighted by atomic mass is 16.2. The Morgan fingerprint density at radius 2 is 1.87 bits per heavy atom. The summed E-state index contributed by atoms with van der Waals surface area (Å²) in [6.07, 6.45) is 10.0. The molecule has 1 heterocycles. The van der Waals surface area contributed by atoms with Crippen molar-refractivity contribution >= 4 is 11.8 Å². The number of carbonyl (C=O) groups excluding carboxylic acids is 2. The zero-order valence-electron chi connectivity index (χ0n) is 13.4. The Labute approximate surface area is 136 Å². The van der Waals surface area contributed by atoms with Crippen LogP contribution in [0.4, 0.5) is 0 Å². The number of hydrogen-bond donors (Lipinski definition) is 0. The first-order chi connectivity index (χ1) is 11.1. The predicted molar refractivity (Wildman–Crippen MR) is 86.8 cm³/mol. The zero-order valence-corrected chi connectivity index (χ0v) is 13.4. The minimum absolute atomic E-state index is 0.0140. The van der Waals surface area contributed by atoms with Gasteiger partial charge in [0.15, 0.2) is 0 Å². The van der Waals surface area contributed by atoms with Crippen molar-refractivity contribution in [1.29, 1.82) is 0 Å². The van der Waals surface area contributed by atoms with Crippen LogP contribution in [0.1, 0.15) is 36.0 Å². The van der Waals surface area contributed by atoms with E-state index in [-0.39, 0.29) is 29.6 Å². The first kappa shape index (κ1) is 13.5. The van der Waals surface area contributed by atoms with Gasteiger partial charge in [-0.25, -0.2) is 0 Å². The number of rotatable bonds is 1. The highest BCUT2D eigenvalue weighted by Gasteiger charge is 2.69. The molecule has 23 heavy (non-hydrogen) atoms. The average molecular weight is 307 g/mol. The SMILES string of the molecule is CN1C(=O)C2C3C=CC(C3)C2(c2ccc3c(c2)CCCC3)C1=O. The Balaban J connectivity index is 1.72. The van der Waals surface area contributed by atoms with E-state index in [0.717, 1.165) is 24.8 Å². The van der Waals surface area contributed by atoms with E-state index in [1.54, 1.807) is 7.05 Å². The molecule has 3 nitrogen and oxygen atoms in total. The smallest absolute Gasteiger partial charge is 0.241 e. The highest BCUT2D eigenvalue weighted by Crippen LogP contribution is 2.61. The monoisotopic (exact) mass is 307 g/mol. The fourth-order valence-electron chi connectivity index (χ4n) is 5.64. The van der Waals surface area contributed by atoms with Crippen LogP contribution >= 0.6 is 0 Å². The number of likely N-dealkylation sites (N-methyl/N-ethyl adjacent to an activating group) is 1. The fourth-order valence-corrected chi connectivity index (χ4v) is 5.64. The number of imide groups is 1. The van der Waals surface area contributed by atoms with Gasteiger partial charge in [-0.3, -0.25) is 14.5 Å². The highest BCUT2D eigenvalue weighted by molar-refractivity contribution is 6.11. The second-order valence-corrected chi connectivity index (χ2v) is 7.63. The maximum Gasteiger partial charge on any atom is 0.241 e. The third-order valence-corrected chi connectivity index (χ3v) is 6.70. The largest absolute Gasteiger partial charge is 0.285 e. The third kappa shape index (κ3) is 1.46. The molecule has 4 aliphatic rings. The van der Waals surface area contributed by atoms with E-state index in [0.29, 0.717) is 0 Å². The van der Waals surface area contributed by atoms with Crippen molar-refractivity contribution in [2.75, 3.05) is 7.05 Å². The molecular weight excluding hydrogens is 286 g/mol. The van der Waals surface area contributed by atoms with Crippen LogP contribution in [0.3, 0.4) is 0 Å². The lowest BCUT2D eigenvalue weighted by molar-refractivity contribution is -0.139. The summed E-state index contributed by atoms with van der Waals surface area (Å²) in [6, 6.07) is 6.60. The molecule has 2 amide bonds. The summed E-state index contributed by atoms with van der Waals surface area (Å²) < 4.78 is 0. The molecular formula is C20H21NO2. The Morgan fingerprint density at radius 1 is 1.09 bits per heavy atom. The number of carbonyl (C=O) groups is 2. The molecule has 5 rings (SSSR count). The quantitative estimate of drug-likeness (QED) is 0.591. The number of likely N-dealkylation sites (tertiary alicyclic amines) is 1. The molecule has 3 aliphatic carbocycles.